The zero-order valence-corrected chi connectivity index (χ0v) is 10.3. The number of non-ortho nitro benzene ring substituents is 1. The van der Waals surface area contributed by atoms with Gasteiger partial charge in [-0.05, 0) is 18.9 Å². The molecule has 6 nitrogen and oxygen atoms in total. The summed E-state index contributed by atoms with van der Waals surface area (Å²) >= 11 is 0. The second-order valence-electron chi connectivity index (χ2n) is 3.96. The summed E-state index contributed by atoms with van der Waals surface area (Å²) in [5, 5.41) is 22.7. The Balaban J connectivity index is 2.93. The number of nitrogens with zero attached hydrogens (tertiary/aromatic N) is 1. The lowest BCUT2D eigenvalue weighted by molar-refractivity contribution is -0.384. The minimum Gasteiger partial charge on any atom is -0.506 e. The van der Waals surface area contributed by atoms with Crippen molar-refractivity contribution >= 4 is 17.3 Å². The van der Waals surface area contributed by atoms with Crippen molar-refractivity contribution in [1.82, 2.24) is 0 Å². The van der Waals surface area contributed by atoms with Gasteiger partial charge in [0.25, 0.3) is 5.69 Å². The summed E-state index contributed by atoms with van der Waals surface area (Å²) in [6, 6.07) is 3.53. The number of amides is 1. The third-order valence-electron chi connectivity index (χ3n) is 2.81. The molecule has 1 aromatic rings. The topological polar surface area (TPSA) is 92.5 Å². The van der Waals surface area contributed by atoms with Crippen molar-refractivity contribution in [1.29, 1.82) is 0 Å². The van der Waals surface area contributed by atoms with E-state index in [4.69, 9.17) is 0 Å². The molecule has 0 radical (unpaired) electrons. The summed E-state index contributed by atoms with van der Waals surface area (Å²) in [6.45, 7) is 3.78. The fourth-order valence-corrected chi connectivity index (χ4v) is 1.63. The van der Waals surface area contributed by atoms with Crippen LogP contribution in [-0.4, -0.2) is 15.9 Å². The van der Waals surface area contributed by atoms with Crippen LogP contribution in [0.2, 0.25) is 0 Å². The lowest BCUT2D eigenvalue weighted by Crippen LogP contribution is -2.21. The number of phenols is 1. The molecule has 0 fully saturated rings. The molecule has 1 aromatic carbocycles. The van der Waals surface area contributed by atoms with Gasteiger partial charge in [-0.2, -0.15) is 0 Å². The SMILES string of the molecule is CCC(CC)C(=O)Nc1cc([N+](=O)[O-])ccc1O. The van der Waals surface area contributed by atoms with E-state index < -0.39 is 4.92 Å². The van der Waals surface area contributed by atoms with Crippen LogP contribution in [0.25, 0.3) is 0 Å². The maximum atomic E-state index is 11.8. The van der Waals surface area contributed by atoms with Crippen LogP contribution in [0.1, 0.15) is 26.7 Å². The molecule has 0 atom stereocenters. The van der Waals surface area contributed by atoms with Gasteiger partial charge in [-0.1, -0.05) is 13.8 Å². The van der Waals surface area contributed by atoms with Crippen LogP contribution in [0.15, 0.2) is 18.2 Å². The van der Waals surface area contributed by atoms with Crippen molar-refractivity contribution < 1.29 is 14.8 Å². The van der Waals surface area contributed by atoms with Crippen molar-refractivity contribution in [2.75, 3.05) is 5.32 Å². The zero-order chi connectivity index (χ0) is 13.7. The Bertz CT molecular complexity index is 455. The summed E-state index contributed by atoms with van der Waals surface area (Å²) in [5.74, 6) is -0.584. The van der Waals surface area contributed by atoms with E-state index >= 15 is 0 Å². The predicted molar refractivity (Wildman–Crippen MR) is 67.5 cm³/mol. The maximum absolute atomic E-state index is 11.8. The Morgan fingerprint density at radius 1 is 1.44 bits per heavy atom. The normalized spacial score (nSPS) is 10.4. The second-order valence-corrected chi connectivity index (χ2v) is 3.96. The van der Waals surface area contributed by atoms with Gasteiger partial charge < -0.3 is 10.4 Å². The molecule has 0 aromatic heterocycles. The average molecular weight is 252 g/mol. The molecule has 0 unspecified atom stereocenters. The largest absolute Gasteiger partial charge is 0.506 e. The Kier molecular flexibility index (Phi) is 4.65. The number of aromatic hydroxyl groups is 1. The van der Waals surface area contributed by atoms with Gasteiger partial charge in [0.05, 0.1) is 10.6 Å². The Hall–Kier alpha value is -2.11. The quantitative estimate of drug-likeness (QED) is 0.478. The number of phenolic OH excluding ortho intramolecular Hbond substituents is 1. The molecular formula is C12H16N2O4. The van der Waals surface area contributed by atoms with Gasteiger partial charge in [-0.15, -0.1) is 0 Å². The number of benzene rings is 1. The van der Waals surface area contributed by atoms with Gasteiger partial charge in [0.1, 0.15) is 5.75 Å². The monoisotopic (exact) mass is 252 g/mol. The molecule has 1 rings (SSSR count). The third-order valence-corrected chi connectivity index (χ3v) is 2.81. The van der Waals surface area contributed by atoms with Crippen molar-refractivity contribution in [3.63, 3.8) is 0 Å². The van der Waals surface area contributed by atoms with E-state index in [1.165, 1.54) is 12.1 Å². The molecule has 0 heterocycles. The molecule has 0 aliphatic carbocycles. The Morgan fingerprint density at radius 3 is 2.56 bits per heavy atom. The minimum absolute atomic E-state index is 0.0705. The number of hydrogen-bond donors (Lipinski definition) is 2. The van der Waals surface area contributed by atoms with E-state index in [9.17, 15) is 20.0 Å². The number of carbonyl (C=O) groups is 1. The number of anilines is 1. The molecular weight excluding hydrogens is 236 g/mol. The molecule has 0 bridgehead atoms. The first-order chi connectivity index (χ1) is 8.49. The zero-order valence-electron chi connectivity index (χ0n) is 10.3. The highest BCUT2D eigenvalue weighted by atomic mass is 16.6. The molecule has 0 saturated heterocycles. The summed E-state index contributed by atoms with van der Waals surface area (Å²) in [4.78, 5) is 21.8. The average Bonchev–Trinajstić information content (AvgIpc) is 2.33. The van der Waals surface area contributed by atoms with Crippen LogP contribution in [0, 0.1) is 16.0 Å². The molecule has 98 valence electrons. The van der Waals surface area contributed by atoms with E-state index in [2.05, 4.69) is 5.32 Å². The number of hydrogen-bond acceptors (Lipinski definition) is 4. The van der Waals surface area contributed by atoms with Crippen molar-refractivity contribution in [2.45, 2.75) is 26.7 Å². The van der Waals surface area contributed by atoms with Crippen LogP contribution >= 0.6 is 0 Å². The molecule has 0 spiro atoms. The highest BCUT2D eigenvalue weighted by molar-refractivity contribution is 5.94. The number of nitrogens with one attached hydrogen (secondary N) is 1. The smallest absolute Gasteiger partial charge is 0.271 e. The fourth-order valence-electron chi connectivity index (χ4n) is 1.63. The molecule has 0 saturated carbocycles. The first kappa shape index (κ1) is 14.0. The van der Waals surface area contributed by atoms with Crippen LogP contribution in [0.4, 0.5) is 11.4 Å². The standard InChI is InChI=1S/C12H16N2O4/c1-3-8(4-2)12(16)13-10-7-9(14(17)18)5-6-11(10)15/h5-8,15H,3-4H2,1-2H3,(H,13,16). The van der Waals surface area contributed by atoms with Gasteiger partial charge in [0.2, 0.25) is 5.91 Å². The van der Waals surface area contributed by atoms with Gasteiger partial charge >= 0.3 is 0 Å². The van der Waals surface area contributed by atoms with Gasteiger partial charge in [-0.3, -0.25) is 14.9 Å². The first-order valence-corrected chi connectivity index (χ1v) is 5.77. The van der Waals surface area contributed by atoms with Crippen LogP contribution in [-0.2, 0) is 4.79 Å². The predicted octanol–water partition coefficient (Wildman–Crippen LogP) is 2.68. The molecule has 2 N–H and O–H groups in total. The minimum atomic E-state index is -0.577. The summed E-state index contributed by atoms with van der Waals surface area (Å²) in [7, 11) is 0. The Morgan fingerprint density at radius 2 is 2.06 bits per heavy atom. The molecule has 6 heteroatoms. The fraction of sp³-hybridized carbons (Fsp3) is 0.417. The maximum Gasteiger partial charge on any atom is 0.271 e. The van der Waals surface area contributed by atoms with E-state index in [-0.39, 0.29) is 28.9 Å². The summed E-state index contributed by atoms with van der Waals surface area (Å²) in [5.41, 5.74) is -0.103. The van der Waals surface area contributed by atoms with Crippen LogP contribution < -0.4 is 5.32 Å². The van der Waals surface area contributed by atoms with Crippen molar-refractivity contribution in [3.05, 3.63) is 28.3 Å². The molecule has 1 amide bonds. The van der Waals surface area contributed by atoms with E-state index in [0.29, 0.717) is 12.8 Å². The van der Waals surface area contributed by atoms with Crippen LogP contribution in [0.3, 0.4) is 0 Å². The summed E-state index contributed by atoms with van der Waals surface area (Å²) < 4.78 is 0. The lowest BCUT2D eigenvalue weighted by atomic mass is 10.0. The number of nitro groups is 1. The van der Waals surface area contributed by atoms with Gasteiger partial charge in [-0.25, -0.2) is 0 Å². The number of rotatable bonds is 5. The van der Waals surface area contributed by atoms with Crippen LogP contribution in [0.5, 0.6) is 5.75 Å². The molecule has 18 heavy (non-hydrogen) atoms. The van der Waals surface area contributed by atoms with Crippen molar-refractivity contribution in [3.8, 4) is 5.75 Å². The highest BCUT2D eigenvalue weighted by Crippen LogP contribution is 2.28. The number of carbonyl (C=O) groups excluding carboxylic acids is 1. The lowest BCUT2D eigenvalue weighted by Gasteiger charge is -2.13. The first-order valence-electron chi connectivity index (χ1n) is 5.77. The molecule has 0 aliphatic heterocycles. The molecule has 0 aliphatic rings. The van der Waals surface area contributed by atoms with Gasteiger partial charge in [0, 0.05) is 18.1 Å². The third kappa shape index (κ3) is 3.19. The Labute approximate surface area is 105 Å². The van der Waals surface area contributed by atoms with E-state index in [0.717, 1.165) is 6.07 Å². The van der Waals surface area contributed by atoms with Crippen molar-refractivity contribution in [2.24, 2.45) is 5.92 Å². The second kappa shape index (κ2) is 6.00. The van der Waals surface area contributed by atoms with E-state index in [1.54, 1.807) is 0 Å². The number of nitro benzene ring substituents is 1. The summed E-state index contributed by atoms with van der Waals surface area (Å²) in [6.07, 6.45) is 1.36. The van der Waals surface area contributed by atoms with E-state index in [1.807, 2.05) is 13.8 Å². The highest BCUT2D eigenvalue weighted by Gasteiger charge is 2.17. The van der Waals surface area contributed by atoms with Gasteiger partial charge in [0.15, 0.2) is 0 Å².